The smallest absolute Gasteiger partial charge is 0.325 e. The Labute approximate surface area is 116 Å². The molecule has 8 heteroatoms. The van der Waals surface area contributed by atoms with E-state index < -0.39 is 5.97 Å². The zero-order valence-electron chi connectivity index (χ0n) is 11.2. The van der Waals surface area contributed by atoms with Gasteiger partial charge in [0.15, 0.2) is 0 Å². The van der Waals surface area contributed by atoms with Crippen molar-refractivity contribution in [2.45, 2.75) is 38.5 Å². The van der Waals surface area contributed by atoms with Gasteiger partial charge in [-0.3, -0.25) is 9.48 Å². The lowest BCUT2D eigenvalue weighted by Gasteiger charge is -2.27. The summed E-state index contributed by atoms with van der Waals surface area (Å²) in [6, 6.07) is -0.230. The molecule has 1 aromatic heterocycles. The van der Waals surface area contributed by atoms with E-state index in [2.05, 4.69) is 15.7 Å². The van der Waals surface area contributed by atoms with E-state index in [-0.39, 0.29) is 24.7 Å². The van der Waals surface area contributed by atoms with Crippen molar-refractivity contribution in [1.29, 1.82) is 0 Å². The quantitative estimate of drug-likeness (QED) is 0.752. The Kier molecular flexibility index (Phi) is 4.57. The van der Waals surface area contributed by atoms with Crippen LogP contribution in [0.5, 0.6) is 0 Å². The van der Waals surface area contributed by atoms with E-state index >= 15 is 0 Å². The predicted molar refractivity (Wildman–Crippen MR) is 70.5 cm³/mol. The third-order valence-electron chi connectivity index (χ3n) is 3.01. The first-order chi connectivity index (χ1) is 9.52. The third-order valence-corrected chi connectivity index (χ3v) is 3.01. The second-order valence-electron chi connectivity index (χ2n) is 4.82. The number of carbonyl (C=O) groups excluding carboxylic acids is 1. The van der Waals surface area contributed by atoms with Crippen LogP contribution in [0.25, 0.3) is 0 Å². The summed E-state index contributed by atoms with van der Waals surface area (Å²) in [5.41, 5.74) is 0.462. The van der Waals surface area contributed by atoms with Gasteiger partial charge in [0.25, 0.3) is 0 Å². The van der Waals surface area contributed by atoms with Crippen LogP contribution in [0.15, 0.2) is 12.4 Å². The molecule has 1 aliphatic heterocycles. The van der Waals surface area contributed by atoms with E-state index in [1.54, 1.807) is 0 Å². The maximum Gasteiger partial charge on any atom is 0.325 e. The molecule has 2 atom stereocenters. The molecule has 0 saturated carbocycles. The summed E-state index contributed by atoms with van der Waals surface area (Å²) in [6.07, 6.45) is 4.60. The first kappa shape index (κ1) is 14.3. The van der Waals surface area contributed by atoms with Crippen LogP contribution < -0.4 is 10.6 Å². The predicted octanol–water partition coefficient (Wildman–Crippen LogP) is 0.657. The van der Waals surface area contributed by atoms with Crippen molar-refractivity contribution in [1.82, 2.24) is 15.1 Å². The number of carbonyl (C=O) groups is 2. The summed E-state index contributed by atoms with van der Waals surface area (Å²) in [5.74, 6) is -0.986. The highest BCUT2D eigenvalue weighted by Gasteiger charge is 2.20. The molecule has 110 valence electrons. The second kappa shape index (κ2) is 6.38. The molecule has 0 radical (unpaired) electrons. The van der Waals surface area contributed by atoms with Gasteiger partial charge in [-0.05, 0) is 19.8 Å². The number of ether oxygens (including phenoxy) is 1. The fourth-order valence-corrected chi connectivity index (χ4v) is 2.13. The molecule has 2 heterocycles. The van der Waals surface area contributed by atoms with Gasteiger partial charge < -0.3 is 20.5 Å². The molecule has 2 rings (SSSR count). The molecule has 3 N–H and O–H groups in total. The molecule has 8 nitrogen and oxygen atoms in total. The molecule has 1 aliphatic rings. The van der Waals surface area contributed by atoms with Gasteiger partial charge >= 0.3 is 12.0 Å². The monoisotopic (exact) mass is 282 g/mol. The highest BCUT2D eigenvalue weighted by atomic mass is 16.5. The number of hydrogen-bond donors (Lipinski definition) is 3. The normalized spacial score (nSPS) is 22.2. The average Bonchev–Trinajstić information content (AvgIpc) is 2.75. The Bertz CT molecular complexity index is 488. The van der Waals surface area contributed by atoms with Gasteiger partial charge in [0, 0.05) is 18.8 Å². The van der Waals surface area contributed by atoms with Crippen LogP contribution >= 0.6 is 0 Å². The minimum Gasteiger partial charge on any atom is -0.480 e. The van der Waals surface area contributed by atoms with Crippen molar-refractivity contribution < 1.29 is 19.4 Å². The SMILES string of the molecule is CC1CC(NC(=O)Nc2cnn(CC(=O)O)c2)CCO1. The largest absolute Gasteiger partial charge is 0.480 e. The van der Waals surface area contributed by atoms with Crippen LogP contribution in [0.2, 0.25) is 0 Å². The number of hydrogen-bond acceptors (Lipinski definition) is 4. The maximum atomic E-state index is 11.8. The van der Waals surface area contributed by atoms with Crippen molar-refractivity contribution in [2.75, 3.05) is 11.9 Å². The molecule has 2 unspecified atom stereocenters. The molecular weight excluding hydrogens is 264 g/mol. The minimum atomic E-state index is -0.986. The lowest BCUT2D eigenvalue weighted by molar-refractivity contribution is -0.137. The number of aliphatic carboxylic acids is 1. The molecule has 2 amide bonds. The van der Waals surface area contributed by atoms with Crippen LogP contribution in [0.4, 0.5) is 10.5 Å². The summed E-state index contributed by atoms with van der Waals surface area (Å²) >= 11 is 0. The summed E-state index contributed by atoms with van der Waals surface area (Å²) in [6.45, 7) is 2.38. The molecule has 1 aromatic rings. The number of carboxylic acid groups (broad SMARTS) is 1. The van der Waals surface area contributed by atoms with Gasteiger partial charge in [0.1, 0.15) is 6.54 Å². The number of aromatic nitrogens is 2. The highest BCUT2D eigenvalue weighted by molar-refractivity contribution is 5.89. The van der Waals surface area contributed by atoms with E-state index in [4.69, 9.17) is 9.84 Å². The molecule has 20 heavy (non-hydrogen) atoms. The van der Waals surface area contributed by atoms with E-state index in [0.717, 1.165) is 12.8 Å². The van der Waals surface area contributed by atoms with Crippen molar-refractivity contribution >= 4 is 17.7 Å². The molecule has 0 aliphatic carbocycles. The maximum absolute atomic E-state index is 11.8. The average molecular weight is 282 g/mol. The van der Waals surface area contributed by atoms with E-state index in [0.29, 0.717) is 12.3 Å². The van der Waals surface area contributed by atoms with Crippen LogP contribution in [0.3, 0.4) is 0 Å². The van der Waals surface area contributed by atoms with E-state index in [1.165, 1.54) is 17.1 Å². The van der Waals surface area contributed by atoms with Gasteiger partial charge in [-0.25, -0.2) is 4.79 Å². The van der Waals surface area contributed by atoms with Crippen molar-refractivity contribution in [3.8, 4) is 0 Å². The third kappa shape index (κ3) is 4.23. The van der Waals surface area contributed by atoms with Crippen LogP contribution in [-0.4, -0.2) is 45.6 Å². The van der Waals surface area contributed by atoms with E-state index in [9.17, 15) is 9.59 Å². The number of urea groups is 1. The fraction of sp³-hybridized carbons (Fsp3) is 0.583. The Morgan fingerprint density at radius 2 is 2.40 bits per heavy atom. The molecule has 0 aromatic carbocycles. The van der Waals surface area contributed by atoms with Crippen molar-refractivity contribution in [3.63, 3.8) is 0 Å². The zero-order valence-corrected chi connectivity index (χ0v) is 11.2. The van der Waals surface area contributed by atoms with Gasteiger partial charge in [-0.2, -0.15) is 5.10 Å². The highest BCUT2D eigenvalue weighted by Crippen LogP contribution is 2.13. The number of anilines is 1. The standard InChI is InChI=1S/C12H18N4O4/c1-8-4-9(2-3-20-8)14-12(19)15-10-5-13-16(6-10)7-11(17)18/h5-6,8-9H,2-4,7H2,1H3,(H,17,18)(H2,14,15,19). The Morgan fingerprint density at radius 1 is 1.60 bits per heavy atom. The molecule has 1 saturated heterocycles. The van der Waals surface area contributed by atoms with Gasteiger partial charge in [-0.15, -0.1) is 0 Å². The molecule has 0 spiro atoms. The number of amides is 2. The van der Waals surface area contributed by atoms with Crippen molar-refractivity contribution in [2.24, 2.45) is 0 Å². The molecular formula is C12H18N4O4. The lowest BCUT2D eigenvalue weighted by atomic mass is 10.0. The Hall–Kier alpha value is -2.09. The lowest BCUT2D eigenvalue weighted by Crippen LogP contribution is -2.43. The summed E-state index contributed by atoms with van der Waals surface area (Å²) < 4.78 is 6.65. The minimum absolute atomic E-state index is 0.0906. The number of nitrogens with zero attached hydrogens (tertiary/aromatic N) is 2. The van der Waals surface area contributed by atoms with Crippen molar-refractivity contribution in [3.05, 3.63) is 12.4 Å². The molecule has 1 fully saturated rings. The number of rotatable bonds is 4. The van der Waals surface area contributed by atoms with Crippen LogP contribution in [0.1, 0.15) is 19.8 Å². The van der Waals surface area contributed by atoms with Gasteiger partial charge in [0.2, 0.25) is 0 Å². The fourth-order valence-electron chi connectivity index (χ4n) is 2.13. The van der Waals surface area contributed by atoms with Gasteiger partial charge in [0.05, 0.1) is 18.0 Å². The first-order valence-corrected chi connectivity index (χ1v) is 6.46. The number of carboxylic acids is 1. The number of nitrogens with one attached hydrogen (secondary N) is 2. The molecule has 0 bridgehead atoms. The topological polar surface area (TPSA) is 105 Å². The first-order valence-electron chi connectivity index (χ1n) is 6.46. The zero-order chi connectivity index (χ0) is 14.5. The summed E-state index contributed by atoms with van der Waals surface area (Å²) in [5, 5.41) is 18.0. The second-order valence-corrected chi connectivity index (χ2v) is 4.82. The van der Waals surface area contributed by atoms with E-state index in [1.807, 2.05) is 6.92 Å². The Morgan fingerprint density at radius 3 is 3.10 bits per heavy atom. The van der Waals surface area contributed by atoms with Gasteiger partial charge in [-0.1, -0.05) is 0 Å². The summed E-state index contributed by atoms with van der Waals surface area (Å²) in [7, 11) is 0. The summed E-state index contributed by atoms with van der Waals surface area (Å²) in [4.78, 5) is 22.3. The van der Waals surface area contributed by atoms with Crippen LogP contribution in [-0.2, 0) is 16.1 Å². The Balaban J connectivity index is 1.81. The van der Waals surface area contributed by atoms with Crippen LogP contribution in [0, 0.1) is 0 Å².